The zero-order valence-electron chi connectivity index (χ0n) is 9.96. The molecule has 0 saturated carbocycles. The van der Waals surface area contributed by atoms with E-state index >= 15 is 0 Å². The molecule has 2 N–H and O–H groups in total. The van der Waals surface area contributed by atoms with Gasteiger partial charge < -0.3 is 10.2 Å². The summed E-state index contributed by atoms with van der Waals surface area (Å²) in [5.41, 5.74) is 0.619. The lowest BCUT2D eigenvalue weighted by Crippen LogP contribution is -2.24. The van der Waals surface area contributed by atoms with E-state index in [1.807, 2.05) is 19.3 Å². The van der Waals surface area contributed by atoms with E-state index in [-0.39, 0.29) is 5.75 Å². The molecule has 4 nitrogen and oxygen atoms in total. The first-order valence-electron chi connectivity index (χ1n) is 5.48. The fraction of sp³-hybridized carbons (Fsp3) is 0.308. The maximum Gasteiger partial charge on any atom is 0.115 e. The maximum atomic E-state index is 10.4. The molecule has 0 aliphatic heterocycles. The van der Waals surface area contributed by atoms with E-state index in [2.05, 4.69) is 5.10 Å². The summed E-state index contributed by atoms with van der Waals surface area (Å²) in [6.07, 6.45) is 2.29. The molecule has 1 aromatic carbocycles. The number of aromatic nitrogens is 2. The summed E-state index contributed by atoms with van der Waals surface area (Å²) in [5, 5.41) is 23.9. The number of hydrogen-bond donors (Lipinski definition) is 2. The third-order valence-electron chi connectivity index (χ3n) is 2.78. The topological polar surface area (TPSA) is 58.3 Å². The van der Waals surface area contributed by atoms with E-state index in [1.165, 1.54) is 0 Å². The van der Waals surface area contributed by atoms with Crippen molar-refractivity contribution >= 4 is 0 Å². The second kappa shape index (κ2) is 4.22. The Bertz CT molecular complexity index is 500. The van der Waals surface area contributed by atoms with Crippen LogP contribution in [0.1, 0.15) is 18.2 Å². The molecule has 4 heteroatoms. The summed E-state index contributed by atoms with van der Waals surface area (Å²) in [6, 6.07) is 8.47. The molecule has 17 heavy (non-hydrogen) atoms. The first kappa shape index (κ1) is 11.7. The number of phenolic OH excluding ortho intramolecular Hbond substituents is 1. The minimum Gasteiger partial charge on any atom is -0.508 e. The van der Waals surface area contributed by atoms with Gasteiger partial charge in [0.05, 0.1) is 11.3 Å². The fourth-order valence-electron chi connectivity index (χ4n) is 1.83. The van der Waals surface area contributed by atoms with Gasteiger partial charge in [-0.3, -0.25) is 4.68 Å². The van der Waals surface area contributed by atoms with Gasteiger partial charge in [-0.15, -0.1) is 0 Å². The quantitative estimate of drug-likeness (QED) is 0.844. The van der Waals surface area contributed by atoms with Crippen LogP contribution in [0.3, 0.4) is 0 Å². The smallest absolute Gasteiger partial charge is 0.115 e. The van der Waals surface area contributed by atoms with E-state index in [4.69, 9.17) is 0 Å². The van der Waals surface area contributed by atoms with E-state index in [9.17, 15) is 10.2 Å². The van der Waals surface area contributed by atoms with Crippen molar-refractivity contribution in [2.45, 2.75) is 18.9 Å². The Kier molecular flexibility index (Phi) is 2.90. The Labute approximate surface area is 100 Å². The van der Waals surface area contributed by atoms with Gasteiger partial charge in [0.2, 0.25) is 0 Å². The van der Waals surface area contributed by atoms with Crippen molar-refractivity contribution in [2.24, 2.45) is 7.05 Å². The molecular weight excluding hydrogens is 216 g/mol. The lowest BCUT2D eigenvalue weighted by molar-refractivity contribution is 0.0564. The standard InChI is InChI=1S/C13H16N2O2/c1-13(17,9-11-7-8-15(2)14-11)10-3-5-12(16)6-4-10/h3-8,16-17H,9H2,1-2H3. The van der Waals surface area contributed by atoms with E-state index in [1.54, 1.807) is 35.9 Å². The van der Waals surface area contributed by atoms with E-state index in [0.717, 1.165) is 11.3 Å². The summed E-state index contributed by atoms with van der Waals surface area (Å²) in [6.45, 7) is 1.74. The molecule has 1 atom stereocenters. The van der Waals surface area contributed by atoms with Gasteiger partial charge in [0.15, 0.2) is 0 Å². The van der Waals surface area contributed by atoms with Crippen LogP contribution >= 0.6 is 0 Å². The SMILES string of the molecule is Cn1ccc(CC(C)(O)c2ccc(O)cc2)n1. The molecule has 2 aromatic rings. The summed E-state index contributed by atoms with van der Waals surface area (Å²) in [5.74, 6) is 0.197. The Morgan fingerprint density at radius 2 is 1.88 bits per heavy atom. The molecule has 2 rings (SSSR count). The van der Waals surface area contributed by atoms with Gasteiger partial charge >= 0.3 is 0 Å². The lowest BCUT2D eigenvalue weighted by Gasteiger charge is -2.22. The van der Waals surface area contributed by atoms with Crippen LogP contribution in [0.4, 0.5) is 0 Å². The minimum atomic E-state index is -0.984. The molecule has 1 unspecified atom stereocenters. The van der Waals surface area contributed by atoms with Crippen molar-refractivity contribution < 1.29 is 10.2 Å². The molecule has 1 aromatic heterocycles. The van der Waals surface area contributed by atoms with Crippen molar-refractivity contribution in [2.75, 3.05) is 0 Å². The number of nitrogens with zero attached hydrogens (tertiary/aromatic N) is 2. The summed E-state index contributed by atoms with van der Waals surface area (Å²) in [7, 11) is 1.85. The number of benzene rings is 1. The van der Waals surface area contributed by atoms with Crippen LogP contribution in [0.2, 0.25) is 0 Å². The Morgan fingerprint density at radius 1 is 1.24 bits per heavy atom. The van der Waals surface area contributed by atoms with Crippen LogP contribution in [0.15, 0.2) is 36.5 Å². The largest absolute Gasteiger partial charge is 0.508 e. The molecule has 0 amide bonds. The van der Waals surface area contributed by atoms with Gasteiger partial charge in [-0.25, -0.2) is 0 Å². The van der Waals surface area contributed by atoms with Crippen LogP contribution in [-0.2, 0) is 19.1 Å². The average molecular weight is 232 g/mol. The van der Waals surface area contributed by atoms with Crippen LogP contribution in [0.5, 0.6) is 5.75 Å². The van der Waals surface area contributed by atoms with Gasteiger partial charge in [0.1, 0.15) is 5.75 Å². The highest BCUT2D eigenvalue weighted by Crippen LogP contribution is 2.26. The number of phenols is 1. The third kappa shape index (κ3) is 2.65. The number of aromatic hydroxyl groups is 1. The Balaban J connectivity index is 2.21. The van der Waals surface area contributed by atoms with Crippen molar-refractivity contribution in [1.82, 2.24) is 9.78 Å². The zero-order chi connectivity index (χ0) is 12.5. The molecular formula is C13H16N2O2. The Hall–Kier alpha value is -1.81. The van der Waals surface area contributed by atoms with Gasteiger partial charge in [-0.1, -0.05) is 12.1 Å². The Morgan fingerprint density at radius 3 is 2.41 bits per heavy atom. The third-order valence-corrected chi connectivity index (χ3v) is 2.78. The van der Waals surface area contributed by atoms with E-state index < -0.39 is 5.60 Å². The fourth-order valence-corrected chi connectivity index (χ4v) is 1.83. The second-order valence-electron chi connectivity index (χ2n) is 4.48. The lowest BCUT2D eigenvalue weighted by atomic mass is 9.91. The van der Waals surface area contributed by atoms with Crippen molar-refractivity contribution in [3.63, 3.8) is 0 Å². The minimum absolute atomic E-state index is 0.197. The van der Waals surface area contributed by atoms with Crippen LogP contribution in [0.25, 0.3) is 0 Å². The molecule has 0 aliphatic rings. The highest BCUT2D eigenvalue weighted by molar-refractivity contribution is 5.30. The highest BCUT2D eigenvalue weighted by Gasteiger charge is 2.24. The van der Waals surface area contributed by atoms with Crippen molar-refractivity contribution in [3.8, 4) is 5.75 Å². The van der Waals surface area contributed by atoms with Crippen LogP contribution in [0, 0.1) is 0 Å². The maximum absolute atomic E-state index is 10.4. The van der Waals surface area contributed by atoms with Crippen molar-refractivity contribution in [1.29, 1.82) is 0 Å². The average Bonchev–Trinajstić information content (AvgIpc) is 2.63. The number of hydrogen-bond acceptors (Lipinski definition) is 3. The molecule has 0 bridgehead atoms. The summed E-state index contributed by atoms with van der Waals surface area (Å²) < 4.78 is 1.71. The second-order valence-corrected chi connectivity index (χ2v) is 4.48. The van der Waals surface area contributed by atoms with E-state index in [0.29, 0.717) is 6.42 Å². The van der Waals surface area contributed by atoms with Gasteiger partial charge in [-0.05, 0) is 30.7 Å². The normalized spacial score (nSPS) is 14.5. The number of aliphatic hydroxyl groups is 1. The molecule has 0 spiro atoms. The van der Waals surface area contributed by atoms with Gasteiger partial charge in [0, 0.05) is 19.7 Å². The molecule has 1 heterocycles. The van der Waals surface area contributed by atoms with Crippen LogP contribution < -0.4 is 0 Å². The summed E-state index contributed by atoms with van der Waals surface area (Å²) in [4.78, 5) is 0. The molecule has 0 saturated heterocycles. The zero-order valence-corrected chi connectivity index (χ0v) is 9.96. The molecule has 0 radical (unpaired) electrons. The number of rotatable bonds is 3. The molecule has 0 fully saturated rings. The van der Waals surface area contributed by atoms with Crippen molar-refractivity contribution in [3.05, 3.63) is 47.8 Å². The monoisotopic (exact) mass is 232 g/mol. The van der Waals surface area contributed by atoms with Gasteiger partial charge in [-0.2, -0.15) is 5.10 Å². The predicted molar refractivity (Wildman–Crippen MR) is 64.6 cm³/mol. The molecule has 90 valence electrons. The first-order chi connectivity index (χ1) is 7.97. The van der Waals surface area contributed by atoms with Gasteiger partial charge in [0.25, 0.3) is 0 Å². The van der Waals surface area contributed by atoms with Crippen LogP contribution in [-0.4, -0.2) is 20.0 Å². The summed E-state index contributed by atoms with van der Waals surface area (Å²) >= 11 is 0. The first-order valence-corrected chi connectivity index (χ1v) is 5.48. The number of aryl methyl sites for hydroxylation is 1. The highest BCUT2D eigenvalue weighted by atomic mass is 16.3. The molecule has 0 aliphatic carbocycles. The predicted octanol–water partition coefficient (Wildman–Crippen LogP) is 1.58.